The van der Waals surface area contributed by atoms with Crippen LogP contribution in [0.4, 0.5) is 0 Å². The zero-order valence-electron chi connectivity index (χ0n) is 16.6. The molecule has 2 rings (SSSR count). The van der Waals surface area contributed by atoms with Crippen LogP contribution in [0.5, 0.6) is 0 Å². The maximum absolute atomic E-state index is 12.5. The van der Waals surface area contributed by atoms with E-state index in [1.807, 2.05) is 0 Å². The summed E-state index contributed by atoms with van der Waals surface area (Å²) in [4.78, 5) is 12.6. The van der Waals surface area contributed by atoms with E-state index < -0.39 is 15.6 Å². The van der Waals surface area contributed by atoms with Crippen LogP contribution in [-0.4, -0.2) is 53.2 Å². The number of nitrogens with one attached hydrogen (secondary N) is 3. The summed E-state index contributed by atoms with van der Waals surface area (Å²) in [7, 11) is -1.94. The SMILES string of the molecule is COCC1(CNC(=O)c2ccc(S(=O)(=O)NC(C)(C)C)cc2)CCNCC1. The Morgan fingerprint density at radius 3 is 2.30 bits per heavy atom. The lowest BCUT2D eigenvalue weighted by Gasteiger charge is -2.37. The van der Waals surface area contributed by atoms with Gasteiger partial charge in [-0.05, 0) is 71.0 Å². The second-order valence-corrected chi connectivity index (χ2v) is 9.93. The van der Waals surface area contributed by atoms with Gasteiger partial charge >= 0.3 is 0 Å². The number of sulfonamides is 1. The van der Waals surface area contributed by atoms with Crippen molar-refractivity contribution in [1.29, 1.82) is 0 Å². The molecule has 1 aliphatic heterocycles. The van der Waals surface area contributed by atoms with Gasteiger partial charge in [-0.2, -0.15) is 0 Å². The predicted octanol–water partition coefficient (Wildman–Crippen LogP) is 1.51. The molecule has 1 amide bonds. The van der Waals surface area contributed by atoms with Crippen LogP contribution < -0.4 is 15.4 Å². The average molecular weight is 398 g/mol. The number of carbonyl (C=O) groups excluding carboxylic acids is 1. The van der Waals surface area contributed by atoms with Crippen LogP contribution in [0, 0.1) is 5.41 Å². The van der Waals surface area contributed by atoms with Gasteiger partial charge in [-0.3, -0.25) is 4.79 Å². The van der Waals surface area contributed by atoms with Gasteiger partial charge in [0.05, 0.1) is 11.5 Å². The molecule has 152 valence electrons. The van der Waals surface area contributed by atoms with E-state index in [0.717, 1.165) is 25.9 Å². The fourth-order valence-corrected chi connectivity index (χ4v) is 4.67. The number of hydrogen-bond donors (Lipinski definition) is 3. The Hall–Kier alpha value is -1.48. The molecular formula is C19H31N3O4S. The van der Waals surface area contributed by atoms with Gasteiger partial charge in [0.1, 0.15) is 0 Å². The van der Waals surface area contributed by atoms with E-state index >= 15 is 0 Å². The summed E-state index contributed by atoms with van der Waals surface area (Å²) in [5.41, 5.74) is -0.194. The van der Waals surface area contributed by atoms with Crippen molar-refractivity contribution in [3.05, 3.63) is 29.8 Å². The molecule has 7 nitrogen and oxygen atoms in total. The van der Waals surface area contributed by atoms with Crippen LogP contribution in [0.25, 0.3) is 0 Å². The highest BCUT2D eigenvalue weighted by Gasteiger charge is 2.32. The van der Waals surface area contributed by atoms with E-state index in [4.69, 9.17) is 4.74 Å². The molecule has 27 heavy (non-hydrogen) atoms. The Morgan fingerprint density at radius 1 is 1.19 bits per heavy atom. The maximum atomic E-state index is 12.5. The first-order chi connectivity index (χ1) is 12.6. The molecule has 0 bridgehead atoms. The highest BCUT2D eigenvalue weighted by molar-refractivity contribution is 7.89. The molecule has 1 aliphatic rings. The van der Waals surface area contributed by atoms with Gasteiger partial charge in [-0.15, -0.1) is 0 Å². The van der Waals surface area contributed by atoms with Crippen molar-refractivity contribution in [2.45, 2.75) is 44.0 Å². The monoisotopic (exact) mass is 397 g/mol. The van der Waals surface area contributed by atoms with E-state index in [2.05, 4.69) is 15.4 Å². The lowest BCUT2D eigenvalue weighted by molar-refractivity contribution is 0.0511. The van der Waals surface area contributed by atoms with E-state index in [9.17, 15) is 13.2 Å². The van der Waals surface area contributed by atoms with Crippen LogP contribution in [0.2, 0.25) is 0 Å². The summed E-state index contributed by atoms with van der Waals surface area (Å²) < 4.78 is 32.6. The zero-order valence-corrected chi connectivity index (χ0v) is 17.4. The van der Waals surface area contributed by atoms with Crippen LogP contribution in [-0.2, 0) is 14.8 Å². The molecule has 1 aromatic carbocycles. The van der Waals surface area contributed by atoms with Gasteiger partial charge in [0.15, 0.2) is 0 Å². The first-order valence-corrected chi connectivity index (χ1v) is 10.7. The molecule has 0 unspecified atom stereocenters. The maximum Gasteiger partial charge on any atom is 0.251 e. The molecule has 0 saturated carbocycles. The van der Waals surface area contributed by atoms with Gasteiger partial charge in [-0.1, -0.05) is 0 Å². The van der Waals surface area contributed by atoms with Crippen molar-refractivity contribution in [3.63, 3.8) is 0 Å². The van der Waals surface area contributed by atoms with Gasteiger partial charge in [0, 0.05) is 30.2 Å². The van der Waals surface area contributed by atoms with Crippen LogP contribution in [0.15, 0.2) is 29.2 Å². The Balaban J connectivity index is 2.03. The topological polar surface area (TPSA) is 96.5 Å². The Morgan fingerprint density at radius 2 is 1.78 bits per heavy atom. The molecule has 0 spiro atoms. The van der Waals surface area contributed by atoms with Crippen molar-refractivity contribution in [2.24, 2.45) is 5.41 Å². The number of piperidine rings is 1. The Labute approximate surface area is 162 Å². The van der Waals surface area contributed by atoms with Gasteiger partial charge in [0.2, 0.25) is 10.0 Å². The smallest absolute Gasteiger partial charge is 0.251 e. The number of benzene rings is 1. The molecule has 8 heteroatoms. The van der Waals surface area contributed by atoms with Crippen molar-refractivity contribution in [3.8, 4) is 0 Å². The molecule has 1 heterocycles. The van der Waals surface area contributed by atoms with Crippen molar-refractivity contribution in [2.75, 3.05) is 33.4 Å². The summed E-state index contributed by atoms with van der Waals surface area (Å²) in [5, 5.41) is 6.30. The summed E-state index contributed by atoms with van der Waals surface area (Å²) in [5.74, 6) is -0.211. The average Bonchev–Trinajstić information content (AvgIpc) is 2.59. The number of hydrogen-bond acceptors (Lipinski definition) is 5. The third-order valence-corrected chi connectivity index (χ3v) is 6.38. The molecule has 1 aromatic rings. The minimum Gasteiger partial charge on any atom is -0.384 e. The molecule has 3 N–H and O–H groups in total. The first kappa shape index (κ1) is 21.8. The number of carbonyl (C=O) groups is 1. The zero-order chi connectivity index (χ0) is 20.1. The summed E-state index contributed by atoms with van der Waals surface area (Å²) in [6.07, 6.45) is 1.88. The third-order valence-electron chi connectivity index (χ3n) is 4.61. The third kappa shape index (κ3) is 6.27. The number of methoxy groups -OCH3 is 1. The van der Waals surface area contributed by atoms with Gasteiger partial charge in [0.25, 0.3) is 5.91 Å². The number of rotatable bonds is 7. The van der Waals surface area contributed by atoms with Crippen LogP contribution >= 0.6 is 0 Å². The van der Waals surface area contributed by atoms with E-state index in [1.54, 1.807) is 27.9 Å². The first-order valence-electron chi connectivity index (χ1n) is 9.19. The van der Waals surface area contributed by atoms with E-state index in [-0.39, 0.29) is 16.2 Å². The van der Waals surface area contributed by atoms with Gasteiger partial charge in [-0.25, -0.2) is 13.1 Å². The molecular weight excluding hydrogens is 366 g/mol. The molecule has 1 fully saturated rings. The van der Waals surface area contributed by atoms with Crippen molar-refractivity contribution < 1.29 is 17.9 Å². The second-order valence-electron chi connectivity index (χ2n) is 8.25. The Kier molecular flexibility index (Phi) is 7.02. The molecule has 1 saturated heterocycles. The fourth-order valence-electron chi connectivity index (χ4n) is 3.25. The summed E-state index contributed by atoms with van der Waals surface area (Å²) in [6.45, 7) is 8.30. The van der Waals surface area contributed by atoms with Gasteiger partial charge < -0.3 is 15.4 Å². The van der Waals surface area contributed by atoms with E-state index in [1.165, 1.54) is 24.3 Å². The van der Waals surface area contributed by atoms with Crippen molar-refractivity contribution in [1.82, 2.24) is 15.4 Å². The quantitative estimate of drug-likeness (QED) is 0.648. The largest absolute Gasteiger partial charge is 0.384 e. The summed E-state index contributed by atoms with van der Waals surface area (Å²) >= 11 is 0. The molecule has 0 aromatic heterocycles. The number of ether oxygens (including phenoxy) is 1. The number of amides is 1. The Bertz CT molecular complexity index is 728. The standard InChI is InChI=1S/C19H31N3O4S/c1-18(2,3)22-27(24,25)16-7-5-15(6-8-16)17(23)21-13-19(14-26-4)9-11-20-12-10-19/h5-8,20,22H,9-14H2,1-4H3,(H,21,23). The normalized spacial score (nSPS) is 17.5. The molecule has 0 aliphatic carbocycles. The minimum absolute atomic E-state index is 0.0600. The highest BCUT2D eigenvalue weighted by Crippen LogP contribution is 2.28. The lowest BCUT2D eigenvalue weighted by atomic mass is 9.79. The minimum atomic E-state index is -3.61. The van der Waals surface area contributed by atoms with E-state index in [0.29, 0.717) is 18.7 Å². The fraction of sp³-hybridized carbons (Fsp3) is 0.632. The summed E-state index contributed by atoms with van der Waals surface area (Å²) in [6, 6.07) is 5.99. The second kappa shape index (κ2) is 8.68. The molecule has 0 atom stereocenters. The van der Waals surface area contributed by atoms with Crippen LogP contribution in [0.3, 0.4) is 0 Å². The predicted molar refractivity (Wildman–Crippen MR) is 105 cm³/mol. The van der Waals surface area contributed by atoms with Crippen molar-refractivity contribution >= 4 is 15.9 Å². The lowest BCUT2D eigenvalue weighted by Crippen LogP contribution is -2.47. The molecule has 0 radical (unpaired) electrons. The van der Waals surface area contributed by atoms with Crippen LogP contribution in [0.1, 0.15) is 44.0 Å². The highest BCUT2D eigenvalue weighted by atomic mass is 32.2.